The molecule has 7 heteroatoms. The molecular weight excluding hydrogens is 322 g/mol. The van der Waals surface area contributed by atoms with E-state index in [9.17, 15) is 14.7 Å². The Kier molecular flexibility index (Phi) is 5.99. The van der Waals surface area contributed by atoms with Crippen LogP contribution in [0.3, 0.4) is 0 Å². The Morgan fingerprint density at radius 3 is 2.24 bits per heavy atom. The summed E-state index contributed by atoms with van der Waals surface area (Å²) in [7, 11) is 1.98. The lowest BCUT2D eigenvalue weighted by molar-refractivity contribution is -0.160. The van der Waals surface area contributed by atoms with Crippen LogP contribution in [-0.2, 0) is 9.53 Å². The number of carboxylic acids is 1. The van der Waals surface area contributed by atoms with Crippen molar-refractivity contribution in [3.05, 3.63) is 0 Å². The number of nitrogens with zero attached hydrogens (tertiary/aromatic N) is 3. The molecule has 2 heterocycles. The number of carboxylic acid groups (broad SMARTS) is 1. The van der Waals surface area contributed by atoms with Crippen LogP contribution in [0.5, 0.6) is 0 Å². The molecule has 2 fully saturated rings. The molecule has 7 nitrogen and oxygen atoms in total. The normalized spacial score (nSPS) is 27.3. The molecule has 2 rings (SSSR count). The molecule has 0 spiro atoms. The number of ether oxygens (including phenoxy) is 1. The molecule has 0 radical (unpaired) electrons. The van der Waals surface area contributed by atoms with E-state index in [4.69, 9.17) is 4.74 Å². The van der Waals surface area contributed by atoms with Crippen LogP contribution in [0.15, 0.2) is 0 Å². The van der Waals surface area contributed by atoms with Gasteiger partial charge in [-0.3, -0.25) is 9.69 Å². The van der Waals surface area contributed by atoms with Crippen LogP contribution in [-0.4, -0.2) is 88.8 Å². The van der Waals surface area contributed by atoms with Gasteiger partial charge in [-0.15, -0.1) is 0 Å². The predicted octanol–water partition coefficient (Wildman–Crippen LogP) is 1.87. The van der Waals surface area contributed by atoms with Gasteiger partial charge in [0.05, 0.1) is 0 Å². The van der Waals surface area contributed by atoms with E-state index in [1.807, 2.05) is 34.7 Å². The summed E-state index contributed by atoms with van der Waals surface area (Å²) in [5, 5.41) is 9.92. The largest absolute Gasteiger partial charge is 0.480 e. The highest BCUT2D eigenvalue weighted by molar-refractivity contribution is 5.79. The van der Waals surface area contributed by atoms with Gasteiger partial charge < -0.3 is 19.6 Å². The molecule has 0 bridgehead atoms. The van der Waals surface area contributed by atoms with Crippen LogP contribution in [0.2, 0.25) is 0 Å². The van der Waals surface area contributed by atoms with Gasteiger partial charge in [0.25, 0.3) is 0 Å². The zero-order valence-electron chi connectivity index (χ0n) is 16.2. The fourth-order valence-electron chi connectivity index (χ4n) is 3.98. The van der Waals surface area contributed by atoms with Crippen molar-refractivity contribution in [3.8, 4) is 0 Å². The first-order chi connectivity index (χ1) is 11.6. The molecule has 1 amide bonds. The summed E-state index contributed by atoms with van der Waals surface area (Å²) < 4.78 is 5.44. The fourth-order valence-corrected chi connectivity index (χ4v) is 3.98. The maximum atomic E-state index is 12.2. The maximum Gasteiger partial charge on any atom is 0.410 e. The van der Waals surface area contributed by atoms with Gasteiger partial charge in [-0.2, -0.15) is 0 Å². The van der Waals surface area contributed by atoms with Gasteiger partial charge in [0.15, 0.2) is 0 Å². The highest BCUT2D eigenvalue weighted by Crippen LogP contribution is 2.31. The number of aliphatic carboxylic acids is 1. The molecule has 0 aliphatic carbocycles. The number of amides is 1. The molecule has 1 N–H and O–H groups in total. The monoisotopic (exact) mass is 355 g/mol. The number of hydrogen-bond acceptors (Lipinski definition) is 5. The van der Waals surface area contributed by atoms with Gasteiger partial charge in [0.1, 0.15) is 11.1 Å². The lowest BCUT2D eigenvalue weighted by Crippen LogP contribution is -2.68. The SMILES string of the molecule is CCC1(C(=O)O)CN(C)CCN1C1CCN(C(=O)OC(C)(C)C)CC1. The number of likely N-dealkylation sites (N-methyl/N-ethyl adjacent to an activating group) is 1. The number of carbonyl (C=O) groups is 2. The van der Waals surface area contributed by atoms with Crippen LogP contribution in [0.4, 0.5) is 4.79 Å². The highest BCUT2D eigenvalue weighted by atomic mass is 16.6. The van der Waals surface area contributed by atoms with E-state index in [1.165, 1.54) is 0 Å². The van der Waals surface area contributed by atoms with E-state index in [0.29, 0.717) is 26.1 Å². The van der Waals surface area contributed by atoms with Crippen LogP contribution in [0.25, 0.3) is 0 Å². The van der Waals surface area contributed by atoms with E-state index >= 15 is 0 Å². The second-order valence-corrected chi connectivity index (χ2v) is 8.32. The third kappa shape index (κ3) is 4.44. The van der Waals surface area contributed by atoms with Gasteiger partial charge in [0.2, 0.25) is 0 Å². The van der Waals surface area contributed by atoms with Crippen molar-refractivity contribution in [3.63, 3.8) is 0 Å². The number of piperazine rings is 1. The molecule has 1 unspecified atom stereocenters. The second-order valence-electron chi connectivity index (χ2n) is 8.32. The van der Waals surface area contributed by atoms with Gasteiger partial charge in [-0.05, 0) is 47.1 Å². The number of hydrogen-bond donors (Lipinski definition) is 1. The molecule has 0 aromatic heterocycles. The predicted molar refractivity (Wildman–Crippen MR) is 95.7 cm³/mol. The molecule has 2 aliphatic heterocycles. The quantitative estimate of drug-likeness (QED) is 0.833. The van der Waals surface area contributed by atoms with Gasteiger partial charge in [-0.25, -0.2) is 4.79 Å². The van der Waals surface area contributed by atoms with Crippen molar-refractivity contribution in [2.24, 2.45) is 0 Å². The third-order valence-electron chi connectivity index (χ3n) is 5.34. The molecule has 2 aliphatic rings. The van der Waals surface area contributed by atoms with E-state index in [1.54, 1.807) is 4.90 Å². The van der Waals surface area contributed by atoms with Gasteiger partial charge >= 0.3 is 12.1 Å². The Balaban J connectivity index is 2.03. The van der Waals surface area contributed by atoms with E-state index in [2.05, 4.69) is 9.80 Å². The Labute approximate surface area is 150 Å². The van der Waals surface area contributed by atoms with Gasteiger partial charge in [0, 0.05) is 38.8 Å². The summed E-state index contributed by atoms with van der Waals surface area (Å²) in [6.07, 6.45) is 1.89. The molecule has 1 atom stereocenters. The lowest BCUT2D eigenvalue weighted by atomic mass is 9.87. The lowest BCUT2D eigenvalue weighted by Gasteiger charge is -2.51. The van der Waals surface area contributed by atoms with Crippen molar-refractivity contribution in [2.75, 3.05) is 39.8 Å². The highest BCUT2D eigenvalue weighted by Gasteiger charge is 2.49. The van der Waals surface area contributed by atoms with E-state index in [0.717, 1.165) is 25.9 Å². The number of rotatable bonds is 3. The topological polar surface area (TPSA) is 73.3 Å². The summed E-state index contributed by atoms with van der Waals surface area (Å²) in [5.41, 5.74) is -1.32. The van der Waals surface area contributed by atoms with Crippen LogP contribution >= 0.6 is 0 Å². The summed E-state index contributed by atoms with van der Waals surface area (Å²) >= 11 is 0. The van der Waals surface area contributed by atoms with Crippen LogP contribution in [0.1, 0.15) is 47.0 Å². The van der Waals surface area contributed by atoms with Crippen molar-refractivity contribution in [1.82, 2.24) is 14.7 Å². The molecule has 0 aromatic rings. The molecule has 144 valence electrons. The van der Waals surface area contributed by atoms with Crippen LogP contribution < -0.4 is 0 Å². The minimum absolute atomic E-state index is 0.198. The number of likely N-dealkylation sites (tertiary alicyclic amines) is 1. The average molecular weight is 355 g/mol. The summed E-state index contributed by atoms with van der Waals surface area (Å²) in [4.78, 5) is 30.3. The minimum atomic E-state index is -0.828. The summed E-state index contributed by atoms with van der Waals surface area (Å²) in [6, 6.07) is 0.198. The summed E-state index contributed by atoms with van der Waals surface area (Å²) in [6.45, 7) is 11.0. The maximum absolute atomic E-state index is 12.2. The number of carbonyl (C=O) groups excluding carboxylic acids is 1. The molecule has 25 heavy (non-hydrogen) atoms. The van der Waals surface area contributed by atoms with Crippen molar-refractivity contribution < 1.29 is 19.4 Å². The molecule has 2 saturated heterocycles. The zero-order valence-corrected chi connectivity index (χ0v) is 16.2. The summed E-state index contributed by atoms with van der Waals surface area (Å²) in [5.74, 6) is -0.740. The van der Waals surface area contributed by atoms with E-state index in [-0.39, 0.29) is 12.1 Å². The standard InChI is InChI=1S/C18H33N3O4/c1-6-18(15(22)23)13-19(5)11-12-21(18)14-7-9-20(10-8-14)16(24)25-17(2,3)4/h14H,6-13H2,1-5H3,(H,22,23). The van der Waals surface area contributed by atoms with Crippen molar-refractivity contribution in [1.29, 1.82) is 0 Å². The van der Waals surface area contributed by atoms with Crippen molar-refractivity contribution >= 4 is 12.1 Å². The second kappa shape index (κ2) is 7.50. The van der Waals surface area contributed by atoms with Crippen LogP contribution in [0, 0.1) is 0 Å². The van der Waals surface area contributed by atoms with Gasteiger partial charge in [-0.1, -0.05) is 6.92 Å². The first-order valence-electron chi connectivity index (χ1n) is 9.25. The average Bonchev–Trinajstić information content (AvgIpc) is 2.53. The first-order valence-corrected chi connectivity index (χ1v) is 9.25. The Bertz CT molecular complexity index is 497. The third-order valence-corrected chi connectivity index (χ3v) is 5.34. The van der Waals surface area contributed by atoms with E-state index < -0.39 is 17.1 Å². The Hall–Kier alpha value is -1.34. The molecule has 0 saturated carbocycles. The minimum Gasteiger partial charge on any atom is -0.480 e. The smallest absolute Gasteiger partial charge is 0.410 e. The first kappa shape index (κ1) is 20.0. The Morgan fingerprint density at radius 2 is 1.76 bits per heavy atom. The molecular formula is C18H33N3O4. The molecule has 0 aromatic carbocycles. The Morgan fingerprint density at radius 1 is 1.16 bits per heavy atom. The van der Waals surface area contributed by atoms with Crippen molar-refractivity contribution in [2.45, 2.75) is 64.1 Å². The zero-order chi connectivity index (χ0) is 18.8. The number of piperidine rings is 1. The fraction of sp³-hybridized carbons (Fsp3) is 0.889.